The standard InChI is InChI=1S/C44H72N2O3Si2/c1-31(20-25-41(47)46-40-19-15-14-18-39(40)45)27-32(2)37-23-24-38-34(17-16-26-44(37,38)9)22-21-33-28-35(48-50(10,11)42(3,4)5)30-36(29-33)49-51(12,13)43(6,7)8/h14-15,18-22,25,27,32,35-38H,16-17,23-24,26,28-30,45H2,1-13H3,(H,46,47)/b25-20+,31-27+,34-22+/t32-,35-,36-,37-,38+,44-/m1/s1. The second kappa shape index (κ2) is 16.0. The Balaban J connectivity index is 1.49. The predicted octanol–water partition coefficient (Wildman–Crippen LogP) is 12.4. The second-order valence-corrected chi connectivity index (χ2v) is 29.0. The Kier molecular flexibility index (Phi) is 13.1. The number of amides is 1. The van der Waals surface area contributed by atoms with Crippen LogP contribution < -0.4 is 11.1 Å². The molecular weight excluding hydrogens is 661 g/mol. The first-order valence-electron chi connectivity index (χ1n) is 19.8. The van der Waals surface area contributed by atoms with E-state index in [1.54, 1.807) is 17.7 Å². The van der Waals surface area contributed by atoms with Crippen molar-refractivity contribution in [3.63, 3.8) is 0 Å². The molecule has 0 aliphatic heterocycles. The van der Waals surface area contributed by atoms with Crippen LogP contribution in [0.3, 0.4) is 0 Å². The summed E-state index contributed by atoms with van der Waals surface area (Å²) in [7, 11) is -3.82. The minimum atomic E-state index is -1.91. The Labute approximate surface area is 314 Å². The molecule has 5 nitrogen and oxygen atoms in total. The van der Waals surface area contributed by atoms with Gasteiger partial charge in [-0.05, 0) is 130 Å². The molecule has 6 atom stereocenters. The van der Waals surface area contributed by atoms with Crippen molar-refractivity contribution in [3.05, 3.63) is 71.4 Å². The number of carbonyl (C=O) groups is 1. The van der Waals surface area contributed by atoms with Gasteiger partial charge in [0.1, 0.15) is 0 Å². The Morgan fingerprint density at radius 2 is 1.53 bits per heavy atom. The van der Waals surface area contributed by atoms with Crippen LogP contribution in [0.4, 0.5) is 11.4 Å². The van der Waals surface area contributed by atoms with Gasteiger partial charge in [0.2, 0.25) is 5.91 Å². The third-order valence-corrected chi connectivity index (χ3v) is 22.6. The summed E-state index contributed by atoms with van der Waals surface area (Å²) in [6, 6.07) is 7.36. The van der Waals surface area contributed by atoms with E-state index in [9.17, 15) is 4.79 Å². The highest BCUT2D eigenvalue weighted by Gasteiger charge is 2.50. The zero-order valence-corrected chi connectivity index (χ0v) is 36.5. The molecule has 1 amide bonds. The fourth-order valence-corrected chi connectivity index (χ4v) is 11.3. The number of hydrogen-bond donors (Lipinski definition) is 2. The number of allylic oxidation sites excluding steroid dienone is 6. The smallest absolute Gasteiger partial charge is 0.248 e. The second-order valence-electron chi connectivity index (χ2n) is 19.5. The number of nitrogens with one attached hydrogen (secondary N) is 1. The molecule has 1 aromatic rings. The van der Waals surface area contributed by atoms with Gasteiger partial charge in [0.25, 0.3) is 0 Å². The van der Waals surface area contributed by atoms with E-state index in [4.69, 9.17) is 14.6 Å². The first kappa shape index (κ1) is 41.6. The topological polar surface area (TPSA) is 73.6 Å². The minimum absolute atomic E-state index is 0.161. The van der Waals surface area contributed by atoms with Crippen molar-refractivity contribution in [1.29, 1.82) is 0 Å². The molecule has 0 spiro atoms. The number of anilines is 2. The van der Waals surface area contributed by atoms with E-state index in [0.29, 0.717) is 34.5 Å². The number of nitrogens with two attached hydrogens (primary N) is 1. The van der Waals surface area contributed by atoms with Gasteiger partial charge < -0.3 is 19.9 Å². The maximum Gasteiger partial charge on any atom is 0.248 e. The number of hydrogen-bond acceptors (Lipinski definition) is 4. The Morgan fingerprint density at radius 3 is 2.10 bits per heavy atom. The summed E-state index contributed by atoms with van der Waals surface area (Å²) in [4.78, 5) is 12.6. The van der Waals surface area contributed by atoms with Gasteiger partial charge in [-0.15, -0.1) is 0 Å². The van der Waals surface area contributed by atoms with Crippen LogP contribution >= 0.6 is 0 Å². The number of fused-ring (bicyclic) bond motifs is 1. The molecule has 0 unspecified atom stereocenters. The maximum absolute atomic E-state index is 12.6. The van der Waals surface area contributed by atoms with Gasteiger partial charge in [0.15, 0.2) is 16.6 Å². The van der Waals surface area contributed by atoms with E-state index in [1.165, 1.54) is 37.7 Å². The number of rotatable bonds is 10. The van der Waals surface area contributed by atoms with Crippen molar-refractivity contribution in [2.24, 2.45) is 23.2 Å². The van der Waals surface area contributed by atoms with Crippen molar-refractivity contribution in [3.8, 4) is 0 Å². The minimum Gasteiger partial charge on any atom is -0.414 e. The van der Waals surface area contributed by atoms with Crippen molar-refractivity contribution < 1.29 is 13.6 Å². The summed E-state index contributed by atoms with van der Waals surface area (Å²) in [6.45, 7) is 30.7. The number of benzene rings is 1. The number of para-hydroxylation sites is 2. The highest BCUT2D eigenvalue weighted by atomic mass is 28.4. The van der Waals surface area contributed by atoms with Crippen LogP contribution in [0.15, 0.2) is 71.4 Å². The average Bonchev–Trinajstić information content (AvgIpc) is 3.36. The lowest BCUT2D eigenvalue weighted by Crippen LogP contribution is -2.48. The molecule has 1 aromatic carbocycles. The molecule has 4 rings (SSSR count). The van der Waals surface area contributed by atoms with Crippen LogP contribution in [0.2, 0.25) is 36.3 Å². The average molecular weight is 733 g/mol. The lowest BCUT2D eigenvalue weighted by molar-refractivity contribution is -0.111. The molecule has 3 saturated carbocycles. The summed E-state index contributed by atoms with van der Waals surface area (Å²) < 4.78 is 14.2. The lowest BCUT2D eigenvalue weighted by Gasteiger charge is -2.45. The number of nitrogen functional groups attached to an aromatic ring is 1. The molecule has 51 heavy (non-hydrogen) atoms. The zero-order chi connectivity index (χ0) is 38.0. The van der Waals surface area contributed by atoms with Crippen molar-refractivity contribution in [2.45, 2.75) is 162 Å². The molecule has 3 N–H and O–H groups in total. The predicted molar refractivity (Wildman–Crippen MR) is 224 cm³/mol. The lowest BCUT2D eigenvalue weighted by atomic mass is 9.61. The molecule has 0 bridgehead atoms. The third-order valence-electron chi connectivity index (χ3n) is 13.5. The number of carbonyl (C=O) groups excluding carboxylic acids is 1. The maximum atomic E-state index is 12.6. The van der Waals surface area contributed by atoms with Crippen LogP contribution in [0.25, 0.3) is 0 Å². The quantitative estimate of drug-likeness (QED) is 0.109. The Bertz CT molecular complexity index is 1470. The van der Waals surface area contributed by atoms with Crippen LogP contribution in [0.1, 0.15) is 114 Å². The van der Waals surface area contributed by atoms with E-state index in [2.05, 4.69) is 112 Å². The van der Waals surface area contributed by atoms with Gasteiger partial charge in [0.05, 0.1) is 23.6 Å². The summed E-state index contributed by atoms with van der Waals surface area (Å²) in [5, 5.41) is 3.26. The SMILES string of the molecule is CC(/C=C/C(=O)Nc1ccccc1N)=C\[C@@H](C)[C@H]1CC[C@H]2/C(=C/C=C3C[C@@H](O[Si](C)(C)C(C)(C)C)C[C@H](O[Si](C)(C)C(C)(C)C)C3)CCC[C@]12C. The van der Waals surface area contributed by atoms with Crippen LogP contribution in [0.5, 0.6) is 0 Å². The van der Waals surface area contributed by atoms with Gasteiger partial charge in [-0.25, -0.2) is 0 Å². The Morgan fingerprint density at radius 1 is 0.941 bits per heavy atom. The molecule has 3 fully saturated rings. The molecule has 7 heteroatoms. The fourth-order valence-electron chi connectivity index (χ4n) is 8.58. The van der Waals surface area contributed by atoms with Gasteiger partial charge in [0, 0.05) is 6.08 Å². The van der Waals surface area contributed by atoms with E-state index in [0.717, 1.165) is 24.8 Å². The molecular formula is C44H72N2O3Si2. The van der Waals surface area contributed by atoms with Crippen LogP contribution in [0, 0.1) is 23.2 Å². The fraction of sp³-hybridized carbons (Fsp3) is 0.659. The molecule has 0 saturated heterocycles. The molecule has 0 aromatic heterocycles. The van der Waals surface area contributed by atoms with Gasteiger partial charge in [-0.2, -0.15) is 0 Å². The van der Waals surface area contributed by atoms with Gasteiger partial charge in [-0.3, -0.25) is 4.79 Å². The first-order chi connectivity index (χ1) is 23.5. The summed E-state index contributed by atoms with van der Waals surface area (Å²) in [6.07, 6.45) is 20.7. The van der Waals surface area contributed by atoms with Crippen LogP contribution in [-0.2, 0) is 13.6 Å². The molecule has 284 valence electrons. The summed E-state index contributed by atoms with van der Waals surface area (Å²) >= 11 is 0. The summed E-state index contributed by atoms with van der Waals surface area (Å²) in [5.74, 6) is 1.53. The monoisotopic (exact) mass is 733 g/mol. The third kappa shape index (κ3) is 10.3. The van der Waals surface area contributed by atoms with E-state index in [-0.39, 0.29) is 28.2 Å². The van der Waals surface area contributed by atoms with Crippen molar-refractivity contribution in [1.82, 2.24) is 0 Å². The molecule has 3 aliphatic rings. The Hall–Kier alpha value is -2.20. The van der Waals surface area contributed by atoms with Crippen molar-refractivity contribution in [2.75, 3.05) is 11.1 Å². The van der Waals surface area contributed by atoms with E-state index < -0.39 is 16.6 Å². The van der Waals surface area contributed by atoms with E-state index >= 15 is 0 Å². The molecule has 3 aliphatic carbocycles. The van der Waals surface area contributed by atoms with Crippen molar-refractivity contribution >= 4 is 33.9 Å². The van der Waals surface area contributed by atoms with E-state index in [1.807, 2.05) is 24.3 Å². The highest BCUT2D eigenvalue weighted by molar-refractivity contribution is 6.74. The highest BCUT2D eigenvalue weighted by Crippen LogP contribution is 2.59. The molecule has 0 radical (unpaired) electrons. The zero-order valence-electron chi connectivity index (χ0n) is 34.5. The van der Waals surface area contributed by atoms with Gasteiger partial charge in [-0.1, -0.05) is 109 Å². The normalized spacial score (nSPS) is 28.2. The summed E-state index contributed by atoms with van der Waals surface area (Å²) in [5.41, 5.74) is 11.8. The molecule has 0 heterocycles. The first-order valence-corrected chi connectivity index (χ1v) is 25.6. The van der Waals surface area contributed by atoms with Crippen LogP contribution in [-0.4, -0.2) is 34.7 Å². The van der Waals surface area contributed by atoms with Gasteiger partial charge >= 0.3 is 0 Å². The largest absolute Gasteiger partial charge is 0.414 e.